The Labute approximate surface area is 164 Å². The number of nitrogens with zero attached hydrogens (tertiary/aromatic N) is 1. The van der Waals surface area contributed by atoms with Crippen LogP contribution in [0.25, 0.3) is 0 Å². The fourth-order valence-electron chi connectivity index (χ4n) is 6.32. The molecule has 4 aliphatic carbocycles. The Kier molecular flexibility index (Phi) is 4.04. The Morgan fingerprint density at radius 3 is 2.32 bits per heavy atom. The molecule has 4 fully saturated rings. The van der Waals surface area contributed by atoms with Crippen molar-refractivity contribution >= 4 is 17.9 Å². The average Bonchev–Trinajstić information content (AvgIpc) is 2.66. The van der Waals surface area contributed by atoms with E-state index in [1.54, 1.807) is 36.5 Å². The summed E-state index contributed by atoms with van der Waals surface area (Å²) >= 11 is 0. The molecule has 0 atom stereocenters. The van der Waals surface area contributed by atoms with Crippen molar-refractivity contribution in [1.82, 2.24) is 0 Å². The van der Waals surface area contributed by atoms with E-state index < -0.39 is 5.97 Å². The van der Waals surface area contributed by atoms with Crippen LogP contribution in [0.4, 0.5) is 5.69 Å². The Morgan fingerprint density at radius 1 is 1.00 bits per heavy atom. The zero-order valence-electron chi connectivity index (χ0n) is 15.8. The Balaban J connectivity index is 1.45. The first-order valence-corrected chi connectivity index (χ1v) is 10.2. The van der Waals surface area contributed by atoms with E-state index in [0.29, 0.717) is 11.3 Å². The van der Waals surface area contributed by atoms with Crippen molar-refractivity contribution in [3.63, 3.8) is 0 Å². The Bertz CT molecular complexity index is 927. The Morgan fingerprint density at radius 2 is 1.68 bits per heavy atom. The van der Waals surface area contributed by atoms with Crippen molar-refractivity contribution in [1.29, 1.82) is 0 Å². The second kappa shape index (κ2) is 6.47. The van der Waals surface area contributed by atoms with Gasteiger partial charge in [-0.1, -0.05) is 12.1 Å². The van der Waals surface area contributed by atoms with Crippen molar-refractivity contribution in [3.8, 4) is 5.75 Å². The van der Waals surface area contributed by atoms with Gasteiger partial charge in [-0.25, -0.2) is 4.79 Å². The lowest BCUT2D eigenvalue weighted by molar-refractivity contribution is -0.00520. The number of hydrogen-bond donors (Lipinski definition) is 2. The van der Waals surface area contributed by atoms with Gasteiger partial charge in [0.25, 0.3) is 0 Å². The number of aliphatic imine (C=N–C) groups is 1. The number of phenols is 1. The standard InChI is InChI=1S/C24H25NO3/c26-22-5-4-20(24-11-15-6-16(12-24)8-17(7-15)13-24)9-19(22)14-25-21-3-1-2-18(10-21)23(27)28/h1-5,9-10,14-17,26H,6-8,11-13H2,(H,27,28). The molecule has 0 amide bonds. The van der Waals surface area contributed by atoms with Crippen LogP contribution in [0.2, 0.25) is 0 Å². The van der Waals surface area contributed by atoms with Gasteiger partial charge in [0.05, 0.1) is 11.3 Å². The van der Waals surface area contributed by atoms with Crippen LogP contribution in [-0.4, -0.2) is 22.4 Å². The normalized spacial score (nSPS) is 30.8. The van der Waals surface area contributed by atoms with Crippen LogP contribution in [0, 0.1) is 17.8 Å². The van der Waals surface area contributed by atoms with Crippen LogP contribution in [0.5, 0.6) is 5.75 Å². The molecule has 0 aliphatic heterocycles. The molecular weight excluding hydrogens is 350 g/mol. The minimum absolute atomic E-state index is 0.209. The highest BCUT2D eigenvalue weighted by molar-refractivity contribution is 5.90. The summed E-state index contributed by atoms with van der Waals surface area (Å²) in [6, 6.07) is 12.5. The van der Waals surface area contributed by atoms with Gasteiger partial charge in [-0.05, 0) is 97.6 Å². The number of aromatic carboxylic acids is 1. The predicted molar refractivity (Wildman–Crippen MR) is 109 cm³/mol. The molecule has 2 aromatic rings. The molecule has 2 aromatic carbocycles. The van der Waals surface area contributed by atoms with Crippen molar-refractivity contribution in [3.05, 3.63) is 59.2 Å². The molecule has 144 valence electrons. The summed E-state index contributed by atoms with van der Waals surface area (Å²) in [6.45, 7) is 0. The highest BCUT2D eigenvalue weighted by atomic mass is 16.4. The van der Waals surface area contributed by atoms with Gasteiger partial charge in [-0.3, -0.25) is 4.99 Å². The minimum atomic E-state index is -0.969. The minimum Gasteiger partial charge on any atom is -0.507 e. The summed E-state index contributed by atoms with van der Waals surface area (Å²) in [4.78, 5) is 15.6. The van der Waals surface area contributed by atoms with Gasteiger partial charge in [0.15, 0.2) is 0 Å². The van der Waals surface area contributed by atoms with Crippen LogP contribution >= 0.6 is 0 Å². The zero-order valence-corrected chi connectivity index (χ0v) is 15.8. The van der Waals surface area contributed by atoms with E-state index in [1.165, 1.54) is 44.1 Å². The Hall–Kier alpha value is -2.62. The number of rotatable bonds is 4. The van der Waals surface area contributed by atoms with Crippen LogP contribution in [-0.2, 0) is 5.41 Å². The lowest BCUT2D eigenvalue weighted by Crippen LogP contribution is -2.48. The average molecular weight is 375 g/mol. The molecular formula is C24H25NO3. The maximum Gasteiger partial charge on any atom is 0.335 e. The smallest absolute Gasteiger partial charge is 0.335 e. The molecule has 0 saturated heterocycles. The van der Waals surface area contributed by atoms with Gasteiger partial charge < -0.3 is 10.2 Å². The van der Waals surface area contributed by atoms with Crippen LogP contribution in [0.1, 0.15) is 60.0 Å². The monoisotopic (exact) mass is 375 g/mol. The third-order valence-electron chi connectivity index (χ3n) is 7.12. The molecule has 4 heteroatoms. The van der Waals surface area contributed by atoms with E-state index in [4.69, 9.17) is 5.11 Å². The third-order valence-corrected chi connectivity index (χ3v) is 7.12. The maximum atomic E-state index is 11.1. The molecule has 28 heavy (non-hydrogen) atoms. The quantitative estimate of drug-likeness (QED) is 0.712. The van der Waals surface area contributed by atoms with E-state index in [-0.39, 0.29) is 16.7 Å². The third kappa shape index (κ3) is 3.01. The topological polar surface area (TPSA) is 69.9 Å². The number of benzene rings is 2. The first kappa shape index (κ1) is 17.5. The molecule has 0 heterocycles. The number of phenolic OH excluding ortho intramolecular Hbond substituents is 1. The molecule has 4 nitrogen and oxygen atoms in total. The molecule has 0 unspecified atom stereocenters. The molecule has 6 rings (SSSR count). The number of hydrogen-bond acceptors (Lipinski definition) is 3. The molecule has 0 radical (unpaired) electrons. The van der Waals surface area contributed by atoms with Crippen LogP contribution in [0.3, 0.4) is 0 Å². The highest BCUT2D eigenvalue weighted by Gasteiger charge is 2.51. The number of carbonyl (C=O) groups is 1. The van der Waals surface area contributed by atoms with E-state index in [0.717, 1.165) is 17.8 Å². The van der Waals surface area contributed by atoms with Crippen LogP contribution in [0.15, 0.2) is 47.5 Å². The van der Waals surface area contributed by atoms with Gasteiger partial charge in [0.2, 0.25) is 0 Å². The first-order valence-electron chi connectivity index (χ1n) is 10.2. The van der Waals surface area contributed by atoms with Crippen LogP contribution < -0.4 is 0 Å². The number of carboxylic acid groups (broad SMARTS) is 1. The highest BCUT2D eigenvalue weighted by Crippen LogP contribution is 2.60. The van der Waals surface area contributed by atoms with Crippen molar-refractivity contribution in [2.24, 2.45) is 22.7 Å². The zero-order chi connectivity index (χ0) is 19.3. The second-order valence-corrected chi connectivity index (χ2v) is 9.09. The van der Waals surface area contributed by atoms with E-state index >= 15 is 0 Å². The van der Waals surface area contributed by atoms with Crippen molar-refractivity contribution < 1.29 is 15.0 Å². The fourth-order valence-corrected chi connectivity index (χ4v) is 6.32. The summed E-state index contributed by atoms with van der Waals surface area (Å²) in [5.74, 6) is 1.86. The van der Waals surface area contributed by atoms with Gasteiger partial charge >= 0.3 is 5.97 Å². The maximum absolute atomic E-state index is 11.1. The summed E-state index contributed by atoms with van der Waals surface area (Å²) in [5, 5.41) is 19.5. The van der Waals surface area contributed by atoms with Gasteiger partial charge in [0.1, 0.15) is 5.75 Å². The largest absolute Gasteiger partial charge is 0.507 e. The summed E-state index contributed by atoms with van der Waals surface area (Å²) in [5.41, 5.74) is 3.09. The molecule has 0 spiro atoms. The van der Waals surface area contributed by atoms with E-state index in [1.807, 2.05) is 0 Å². The number of aromatic hydroxyl groups is 1. The molecule has 0 aromatic heterocycles. The molecule has 4 bridgehead atoms. The molecule has 4 aliphatic rings. The summed E-state index contributed by atoms with van der Waals surface area (Å²) in [7, 11) is 0. The van der Waals surface area contributed by atoms with Gasteiger partial charge in [0, 0.05) is 11.8 Å². The molecule has 4 saturated carbocycles. The SMILES string of the molecule is O=C(O)c1cccc(N=Cc2cc(C34CC5CC(CC(C5)C3)C4)ccc2O)c1. The molecule has 2 N–H and O–H groups in total. The first-order chi connectivity index (χ1) is 13.5. The summed E-state index contributed by atoms with van der Waals surface area (Å²) in [6.07, 6.45) is 9.71. The number of carboxylic acids is 1. The predicted octanol–water partition coefficient (Wildman–Crippen LogP) is 5.31. The van der Waals surface area contributed by atoms with E-state index in [9.17, 15) is 9.90 Å². The van der Waals surface area contributed by atoms with E-state index in [2.05, 4.69) is 17.1 Å². The second-order valence-electron chi connectivity index (χ2n) is 9.09. The lowest BCUT2D eigenvalue weighted by atomic mass is 9.48. The van der Waals surface area contributed by atoms with Crippen molar-refractivity contribution in [2.45, 2.75) is 43.9 Å². The van der Waals surface area contributed by atoms with Gasteiger partial charge in [-0.2, -0.15) is 0 Å². The van der Waals surface area contributed by atoms with Gasteiger partial charge in [-0.15, -0.1) is 0 Å². The van der Waals surface area contributed by atoms with Crippen molar-refractivity contribution in [2.75, 3.05) is 0 Å². The summed E-state index contributed by atoms with van der Waals surface area (Å²) < 4.78 is 0. The lowest BCUT2D eigenvalue weighted by Gasteiger charge is -2.57. The fraction of sp³-hybridized carbons (Fsp3) is 0.417.